The number of sulfonamides is 1. The number of hydrogen-bond donors (Lipinski definition) is 0. The zero-order chi connectivity index (χ0) is 17.1. The molecule has 0 unspecified atom stereocenters. The molecule has 1 fully saturated rings. The first-order valence-corrected chi connectivity index (χ1v) is 9.93. The monoisotopic (exact) mass is 366 g/mol. The first-order chi connectivity index (χ1) is 11.4. The third-order valence-corrected chi connectivity index (χ3v) is 7.33. The molecule has 1 aliphatic carbocycles. The molecule has 2 aromatic rings. The van der Waals surface area contributed by atoms with Crippen molar-refractivity contribution in [3.63, 3.8) is 0 Å². The largest absolute Gasteiger partial charge is 0.247 e. The minimum atomic E-state index is -3.63. The zero-order valence-electron chi connectivity index (χ0n) is 13.6. The maximum atomic E-state index is 13.1. The highest BCUT2D eigenvalue weighted by atomic mass is 35.5. The van der Waals surface area contributed by atoms with Gasteiger partial charge in [-0.1, -0.05) is 17.7 Å². The van der Waals surface area contributed by atoms with Crippen LogP contribution in [-0.4, -0.2) is 34.0 Å². The number of aromatic nitrogens is 3. The van der Waals surface area contributed by atoms with E-state index in [9.17, 15) is 8.42 Å². The number of fused-ring (bicyclic) bond motifs is 1. The van der Waals surface area contributed by atoms with Gasteiger partial charge in [0, 0.05) is 17.5 Å². The molecule has 8 heteroatoms. The lowest BCUT2D eigenvalue weighted by Crippen LogP contribution is -2.41. The molecule has 1 aliphatic heterocycles. The molecule has 2 heterocycles. The van der Waals surface area contributed by atoms with Crippen molar-refractivity contribution in [3.05, 3.63) is 40.4 Å². The fourth-order valence-electron chi connectivity index (χ4n) is 3.20. The van der Waals surface area contributed by atoms with Crippen molar-refractivity contribution in [1.82, 2.24) is 19.1 Å². The van der Waals surface area contributed by atoms with E-state index in [0.717, 1.165) is 24.5 Å². The lowest BCUT2D eigenvalue weighted by atomic mass is 10.2. The van der Waals surface area contributed by atoms with Crippen molar-refractivity contribution in [2.45, 2.75) is 50.1 Å². The molecule has 0 amide bonds. The van der Waals surface area contributed by atoms with Gasteiger partial charge in [0.25, 0.3) is 0 Å². The van der Waals surface area contributed by atoms with Crippen molar-refractivity contribution in [2.75, 3.05) is 6.54 Å². The fraction of sp³-hybridized carbons (Fsp3) is 0.500. The summed E-state index contributed by atoms with van der Waals surface area (Å²) >= 11 is 6.11. The van der Waals surface area contributed by atoms with Gasteiger partial charge in [0.15, 0.2) is 5.82 Å². The van der Waals surface area contributed by atoms with Crippen LogP contribution in [0.4, 0.5) is 0 Å². The molecule has 0 saturated heterocycles. The Morgan fingerprint density at radius 2 is 2.00 bits per heavy atom. The minimum absolute atomic E-state index is 0.261. The topological polar surface area (TPSA) is 68.1 Å². The summed E-state index contributed by atoms with van der Waals surface area (Å²) in [5, 5.41) is 5.01. The van der Waals surface area contributed by atoms with E-state index >= 15 is 0 Å². The molecule has 0 spiro atoms. The van der Waals surface area contributed by atoms with Crippen LogP contribution < -0.4 is 0 Å². The highest BCUT2D eigenvalue weighted by Crippen LogP contribution is 2.40. The van der Waals surface area contributed by atoms with E-state index < -0.39 is 10.0 Å². The van der Waals surface area contributed by atoms with E-state index in [1.807, 2.05) is 11.6 Å². The normalized spacial score (nSPS) is 21.7. The molecule has 0 bridgehead atoms. The third kappa shape index (κ3) is 2.46. The Morgan fingerprint density at radius 1 is 1.25 bits per heavy atom. The standard InChI is InChI=1S/C16H19ClN4O2S/c1-10-13(17)4-3-5-14(10)24(22,23)21-9-8-20-16(11(21)2)18-15(19-20)12-6-7-12/h3-5,11-12H,6-9H2,1-2H3/t11-/m1/s1. The van der Waals surface area contributed by atoms with Gasteiger partial charge in [-0.3, -0.25) is 0 Å². The average Bonchev–Trinajstić information content (AvgIpc) is 3.29. The molecule has 2 aliphatic rings. The van der Waals surface area contributed by atoms with Crippen LogP contribution in [0.25, 0.3) is 0 Å². The van der Waals surface area contributed by atoms with E-state index in [1.165, 1.54) is 4.31 Å². The van der Waals surface area contributed by atoms with E-state index in [-0.39, 0.29) is 10.9 Å². The van der Waals surface area contributed by atoms with E-state index in [4.69, 9.17) is 11.6 Å². The second kappa shape index (κ2) is 5.54. The van der Waals surface area contributed by atoms with Crippen LogP contribution in [0.3, 0.4) is 0 Å². The van der Waals surface area contributed by atoms with Gasteiger partial charge < -0.3 is 0 Å². The molecule has 1 atom stereocenters. The van der Waals surface area contributed by atoms with Crippen molar-refractivity contribution in [1.29, 1.82) is 0 Å². The molecule has 24 heavy (non-hydrogen) atoms. The molecule has 0 N–H and O–H groups in total. The van der Waals surface area contributed by atoms with Crippen LogP contribution in [0.2, 0.25) is 5.02 Å². The zero-order valence-corrected chi connectivity index (χ0v) is 15.2. The Labute approximate surface area is 146 Å². The van der Waals surface area contributed by atoms with E-state index in [2.05, 4.69) is 10.1 Å². The van der Waals surface area contributed by atoms with Crippen LogP contribution in [0.5, 0.6) is 0 Å². The van der Waals surface area contributed by atoms with Gasteiger partial charge in [-0.05, 0) is 44.4 Å². The Kier molecular flexibility index (Phi) is 3.71. The smallest absolute Gasteiger partial charge is 0.244 e. The molecule has 1 saturated carbocycles. The first-order valence-electron chi connectivity index (χ1n) is 8.11. The molecule has 1 aromatic carbocycles. The second-order valence-electron chi connectivity index (χ2n) is 6.48. The van der Waals surface area contributed by atoms with Gasteiger partial charge >= 0.3 is 0 Å². The van der Waals surface area contributed by atoms with Crippen molar-refractivity contribution in [3.8, 4) is 0 Å². The van der Waals surface area contributed by atoms with Gasteiger partial charge in [-0.2, -0.15) is 9.40 Å². The summed E-state index contributed by atoms with van der Waals surface area (Å²) in [6, 6.07) is 4.64. The first kappa shape index (κ1) is 16.1. The van der Waals surface area contributed by atoms with Gasteiger partial charge in [0.2, 0.25) is 10.0 Å². The maximum Gasteiger partial charge on any atom is 0.244 e. The summed E-state index contributed by atoms with van der Waals surface area (Å²) in [7, 11) is -3.63. The maximum absolute atomic E-state index is 13.1. The van der Waals surface area contributed by atoms with Gasteiger partial charge in [0.1, 0.15) is 5.82 Å². The number of nitrogens with zero attached hydrogens (tertiary/aromatic N) is 4. The lowest BCUT2D eigenvalue weighted by Gasteiger charge is -2.32. The van der Waals surface area contributed by atoms with Crippen LogP contribution in [0.1, 0.15) is 48.9 Å². The number of benzene rings is 1. The van der Waals surface area contributed by atoms with E-state index in [1.54, 1.807) is 25.1 Å². The summed E-state index contributed by atoms with van der Waals surface area (Å²) in [5.74, 6) is 2.04. The highest BCUT2D eigenvalue weighted by molar-refractivity contribution is 7.89. The number of rotatable bonds is 3. The molecule has 6 nitrogen and oxygen atoms in total. The Morgan fingerprint density at radius 3 is 2.71 bits per heavy atom. The van der Waals surface area contributed by atoms with Gasteiger partial charge in [-0.15, -0.1) is 0 Å². The SMILES string of the molecule is Cc1c(Cl)cccc1S(=O)(=O)N1CCn2nc(C3CC3)nc2[C@H]1C. The van der Waals surface area contributed by atoms with Gasteiger partial charge in [-0.25, -0.2) is 18.1 Å². The third-order valence-electron chi connectivity index (χ3n) is 4.80. The van der Waals surface area contributed by atoms with Crippen LogP contribution >= 0.6 is 11.6 Å². The summed E-state index contributed by atoms with van der Waals surface area (Å²) in [4.78, 5) is 4.87. The molecule has 0 radical (unpaired) electrons. The summed E-state index contributed by atoms with van der Waals surface area (Å²) in [5.41, 5.74) is 0.581. The quantitative estimate of drug-likeness (QED) is 0.837. The van der Waals surface area contributed by atoms with Gasteiger partial charge in [0.05, 0.1) is 17.5 Å². The Balaban J connectivity index is 1.72. The van der Waals surface area contributed by atoms with Crippen molar-refractivity contribution < 1.29 is 8.42 Å². The van der Waals surface area contributed by atoms with E-state index in [0.29, 0.717) is 29.6 Å². The summed E-state index contributed by atoms with van der Waals surface area (Å²) < 4.78 is 29.6. The predicted octanol–water partition coefficient (Wildman–Crippen LogP) is 2.88. The van der Waals surface area contributed by atoms with Crippen molar-refractivity contribution in [2.24, 2.45) is 0 Å². The predicted molar refractivity (Wildman–Crippen MR) is 90.5 cm³/mol. The molecular weight excluding hydrogens is 348 g/mol. The Hall–Kier alpha value is -1.44. The molecule has 4 rings (SSSR count). The number of hydrogen-bond acceptors (Lipinski definition) is 4. The summed E-state index contributed by atoms with van der Waals surface area (Å²) in [6.45, 7) is 4.51. The highest BCUT2D eigenvalue weighted by Gasteiger charge is 2.38. The fourth-order valence-corrected chi connectivity index (χ4v) is 5.26. The molecule has 128 valence electrons. The lowest BCUT2D eigenvalue weighted by molar-refractivity contribution is 0.265. The second-order valence-corrected chi connectivity index (χ2v) is 8.75. The minimum Gasteiger partial charge on any atom is -0.247 e. The number of halogens is 1. The van der Waals surface area contributed by atoms with Crippen molar-refractivity contribution >= 4 is 21.6 Å². The molecule has 1 aromatic heterocycles. The average molecular weight is 367 g/mol. The molecular formula is C16H19ClN4O2S. The summed E-state index contributed by atoms with van der Waals surface area (Å²) in [6.07, 6.45) is 2.25. The van der Waals surface area contributed by atoms with Crippen LogP contribution in [-0.2, 0) is 16.6 Å². The Bertz CT molecular complexity index is 905. The van der Waals surface area contributed by atoms with Crippen LogP contribution in [0.15, 0.2) is 23.1 Å². The van der Waals surface area contributed by atoms with Crippen LogP contribution in [0, 0.1) is 6.92 Å².